The Labute approximate surface area is 130 Å². The van der Waals surface area contributed by atoms with E-state index < -0.39 is 0 Å². The fourth-order valence-electron chi connectivity index (χ4n) is 3.12. The van der Waals surface area contributed by atoms with Crippen LogP contribution in [-0.4, -0.2) is 39.1 Å². The molecule has 4 nitrogen and oxygen atoms in total. The summed E-state index contributed by atoms with van der Waals surface area (Å²) in [6.45, 7) is 4.66. The molecule has 0 unspecified atom stereocenters. The summed E-state index contributed by atoms with van der Waals surface area (Å²) >= 11 is 5.06. The van der Waals surface area contributed by atoms with Gasteiger partial charge in [0, 0.05) is 6.54 Å². The van der Waals surface area contributed by atoms with Gasteiger partial charge in [0.05, 0.1) is 22.4 Å². The van der Waals surface area contributed by atoms with Gasteiger partial charge in [-0.25, -0.2) is 4.98 Å². The van der Waals surface area contributed by atoms with Crippen LogP contribution in [0.15, 0.2) is 24.3 Å². The second-order valence-electron chi connectivity index (χ2n) is 5.71. The van der Waals surface area contributed by atoms with Crippen molar-refractivity contribution < 1.29 is 0 Å². The molecule has 0 radical (unpaired) electrons. The lowest BCUT2D eigenvalue weighted by molar-refractivity contribution is 0.325. The maximum absolute atomic E-state index is 5.71. The molecule has 1 aromatic heterocycles. The van der Waals surface area contributed by atoms with E-state index in [1.54, 1.807) is 0 Å². The van der Waals surface area contributed by atoms with Crippen LogP contribution in [-0.2, 0) is 13.0 Å². The van der Waals surface area contributed by atoms with Gasteiger partial charge in [-0.1, -0.05) is 24.4 Å². The Balaban J connectivity index is 1.75. The molecular weight excluding hydrogens is 280 g/mol. The molecule has 1 saturated heterocycles. The van der Waals surface area contributed by atoms with Gasteiger partial charge in [0.1, 0.15) is 5.82 Å². The normalized spacial score (nSPS) is 15.8. The third-order valence-corrected chi connectivity index (χ3v) is 4.27. The fraction of sp³-hybridized carbons (Fsp3) is 0.500. The lowest BCUT2D eigenvalue weighted by Gasteiger charge is -2.15. The van der Waals surface area contributed by atoms with Crippen molar-refractivity contribution >= 4 is 28.2 Å². The van der Waals surface area contributed by atoms with Crippen molar-refractivity contribution in [2.75, 3.05) is 19.6 Å². The number of imidazole rings is 1. The number of benzene rings is 1. The van der Waals surface area contributed by atoms with Crippen molar-refractivity contribution in [3.05, 3.63) is 30.1 Å². The molecule has 0 atom stereocenters. The Hall–Kier alpha value is -1.46. The van der Waals surface area contributed by atoms with E-state index in [2.05, 4.69) is 32.7 Å². The van der Waals surface area contributed by atoms with Crippen molar-refractivity contribution in [1.29, 1.82) is 0 Å². The average Bonchev–Trinajstić information content (AvgIpc) is 3.07. The Kier molecular flexibility index (Phi) is 4.51. The van der Waals surface area contributed by atoms with E-state index in [1.165, 1.54) is 38.0 Å². The Morgan fingerprint density at radius 1 is 1.19 bits per heavy atom. The number of likely N-dealkylation sites (tertiary alicyclic amines) is 1. The predicted molar refractivity (Wildman–Crippen MR) is 90.5 cm³/mol. The quantitative estimate of drug-likeness (QED) is 0.832. The van der Waals surface area contributed by atoms with Crippen molar-refractivity contribution in [2.24, 2.45) is 5.73 Å². The van der Waals surface area contributed by atoms with Gasteiger partial charge in [-0.3, -0.25) is 0 Å². The number of nitrogens with zero attached hydrogens (tertiary/aromatic N) is 3. The minimum Gasteiger partial charge on any atom is -0.393 e. The molecule has 0 spiro atoms. The summed E-state index contributed by atoms with van der Waals surface area (Å²) in [5.74, 6) is 0.991. The molecule has 2 aromatic rings. The summed E-state index contributed by atoms with van der Waals surface area (Å²) in [7, 11) is 0. The molecule has 1 aliphatic rings. The molecule has 2 N–H and O–H groups in total. The first-order valence-electron chi connectivity index (χ1n) is 7.69. The van der Waals surface area contributed by atoms with Crippen LogP contribution in [0.1, 0.15) is 25.1 Å². The highest BCUT2D eigenvalue weighted by Crippen LogP contribution is 2.17. The molecule has 0 saturated carbocycles. The number of fused-ring (bicyclic) bond motifs is 1. The Morgan fingerprint density at radius 3 is 2.71 bits per heavy atom. The van der Waals surface area contributed by atoms with Crippen LogP contribution in [0.5, 0.6) is 0 Å². The van der Waals surface area contributed by atoms with Crippen LogP contribution in [0.4, 0.5) is 0 Å². The van der Waals surface area contributed by atoms with E-state index in [9.17, 15) is 0 Å². The molecule has 112 valence electrons. The zero-order valence-corrected chi connectivity index (χ0v) is 13.1. The van der Waals surface area contributed by atoms with Crippen molar-refractivity contribution in [3.8, 4) is 0 Å². The summed E-state index contributed by atoms with van der Waals surface area (Å²) in [4.78, 5) is 7.74. The van der Waals surface area contributed by atoms with Gasteiger partial charge in [0.15, 0.2) is 0 Å². The second-order valence-corrected chi connectivity index (χ2v) is 6.24. The molecule has 1 aliphatic heterocycles. The number of aryl methyl sites for hydroxylation is 1. The molecule has 21 heavy (non-hydrogen) atoms. The molecule has 0 amide bonds. The zero-order valence-electron chi connectivity index (χ0n) is 12.3. The average molecular weight is 302 g/mol. The van der Waals surface area contributed by atoms with E-state index >= 15 is 0 Å². The molecule has 1 aromatic carbocycles. The van der Waals surface area contributed by atoms with E-state index in [0.717, 1.165) is 24.3 Å². The van der Waals surface area contributed by atoms with Gasteiger partial charge in [-0.2, -0.15) is 0 Å². The number of para-hydroxylation sites is 2. The Morgan fingerprint density at radius 2 is 1.95 bits per heavy atom. The van der Waals surface area contributed by atoms with Crippen LogP contribution in [0.2, 0.25) is 0 Å². The van der Waals surface area contributed by atoms with E-state index in [0.29, 0.717) is 11.4 Å². The smallest absolute Gasteiger partial charge is 0.116 e. The number of nitrogens with two attached hydrogens (primary N) is 1. The van der Waals surface area contributed by atoms with Crippen LogP contribution < -0.4 is 5.73 Å². The summed E-state index contributed by atoms with van der Waals surface area (Å²) in [5.41, 5.74) is 7.93. The maximum Gasteiger partial charge on any atom is 0.116 e. The van der Waals surface area contributed by atoms with Crippen molar-refractivity contribution in [1.82, 2.24) is 14.5 Å². The van der Waals surface area contributed by atoms with Crippen molar-refractivity contribution in [2.45, 2.75) is 32.2 Å². The molecular formula is C16H22N4S. The van der Waals surface area contributed by atoms with E-state index in [-0.39, 0.29) is 0 Å². The molecule has 1 fully saturated rings. The number of thiocarbonyl (C=S) groups is 1. The van der Waals surface area contributed by atoms with Gasteiger partial charge >= 0.3 is 0 Å². The SMILES string of the molecule is NC(=S)Cc1nc2ccccc2n1CCCN1CCCC1. The highest BCUT2D eigenvalue weighted by molar-refractivity contribution is 7.80. The molecule has 3 rings (SSSR count). The second kappa shape index (κ2) is 6.54. The van der Waals surface area contributed by atoms with Crippen LogP contribution in [0.3, 0.4) is 0 Å². The van der Waals surface area contributed by atoms with Gasteiger partial charge in [-0.15, -0.1) is 0 Å². The lowest BCUT2D eigenvalue weighted by Crippen LogP contribution is -2.22. The van der Waals surface area contributed by atoms with E-state index in [1.807, 2.05) is 6.07 Å². The predicted octanol–water partition coefficient (Wildman–Crippen LogP) is 2.35. The fourth-order valence-corrected chi connectivity index (χ4v) is 3.25. The molecule has 0 bridgehead atoms. The summed E-state index contributed by atoms with van der Waals surface area (Å²) in [6, 6.07) is 8.26. The maximum atomic E-state index is 5.71. The first-order chi connectivity index (χ1) is 10.2. The number of hydrogen-bond acceptors (Lipinski definition) is 3. The number of aromatic nitrogens is 2. The minimum atomic E-state index is 0.506. The molecule has 0 aliphatic carbocycles. The van der Waals surface area contributed by atoms with Crippen LogP contribution >= 0.6 is 12.2 Å². The standard InChI is InChI=1S/C16H22N4S/c17-15(21)12-16-18-13-6-1-2-7-14(13)20(16)11-5-10-19-8-3-4-9-19/h1-2,6-7H,3-5,8-12H2,(H2,17,21). The summed E-state index contributed by atoms with van der Waals surface area (Å²) in [6.07, 6.45) is 4.42. The lowest BCUT2D eigenvalue weighted by atomic mass is 10.3. The topological polar surface area (TPSA) is 47.1 Å². The first kappa shape index (κ1) is 14.5. The largest absolute Gasteiger partial charge is 0.393 e. The third-order valence-electron chi connectivity index (χ3n) is 4.12. The zero-order chi connectivity index (χ0) is 14.7. The van der Waals surface area contributed by atoms with Crippen molar-refractivity contribution in [3.63, 3.8) is 0 Å². The molecule has 2 heterocycles. The minimum absolute atomic E-state index is 0.506. The number of hydrogen-bond donors (Lipinski definition) is 1. The monoisotopic (exact) mass is 302 g/mol. The summed E-state index contributed by atoms with van der Waals surface area (Å²) < 4.78 is 2.28. The highest BCUT2D eigenvalue weighted by atomic mass is 32.1. The van der Waals surface area contributed by atoms with Gasteiger partial charge in [0.25, 0.3) is 0 Å². The van der Waals surface area contributed by atoms with Gasteiger partial charge in [-0.05, 0) is 51.0 Å². The summed E-state index contributed by atoms with van der Waals surface area (Å²) in [5, 5.41) is 0. The van der Waals surface area contributed by atoms with E-state index in [4.69, 9.17) is 18.0 Å². The van der Waals surface area contributed by atoms with Crippen LogP contribution in [0, 0.1) is 0 Å². The molecule has 5 heteroatoms. The first-order valence-corrected chi connectivity index (χ1v) is 8.09. The number of rotatable bonds is 6. The van der Waals surface area contributed by atoms with Crippen LogP contribution in [0.25, 0.3) is 11.0 Å². The third kappa shape index (κ3) is 3.41. The highest BCUT2D eigenvalue weighted by Gasteiger charge is 2.13. The van der Waals surface area contributed by atoms with Gasteiger partial charge < -0.3 is 15.2 Å². The van der Waals surface area contributed by atoms with Gasteiger partial charge in [0.2, 0.25) is 0 Å². The Bertz CT molecular complexity index is 628.